The molecule has 2 heterocycles. The van der Waals surface area contributed by atoms with Crippen LogP contribution in [0.3, 0.4) is 0 Å². The molecule has 4 heteroatoms. The van der Waals surface area contributed by atoms with Crippen molar-refractivity contribution in [2.24, 2.45) is 0 Å². The van der Waals surface area contributed by atoms with Gasteiger partial charge >= 0.3 is 0 Å². The lowest BCUT2D eigenvalue weighted by Gasteiger charge is -2.31. The lowest BCUT2D eigenvalue weighted by atomic mass is 10.0. The SMILES string of the molecule is CC1CC(OCc2ccc(CNC3CC3)o2)CC(C)O1. The molecule has 1 aliphatic heterocycles. The number of hydrogen-bond acceptors (Lipinski definition) is 4. The molecule has 0 amide bonds. The zero-order chi connectivity index (χ0) is 13.9. The zero-order valence-corrected chi connectivity index (χ0v) is 12.4. The van der Waals surface area contributed by atoms with Gasteiger partial charge in [0.2, 0.25) is 0 Å². The van der Waals surface area contributed by atoms with Gasteiger partial charge < -0.3 is 19.2 Å². The van der Waals surface area contributed by atoms with Crippen molar-refractivity contribution in [3.63, 3.8) is 0 Å². The summed E-state index contributed by atoms with van der Waals surface area (Å²) < 4.78 is 17.5. The van der Waals surface area contributed by atoms with Crippen LogP contribution in [0.4, 0.5) is 0 Å². The van der Waals surface area contributed by atoms with Crippen molar-refractivity contribution in [3.8, 4) is 0 Å². The Hall–Kier alpha value is -0.840. The number of furan rings is 1. The average molecular weight is 279 g/mol. The van der Waals surface area contributed by atoms with Crippen LogP contribution in [0.25, 0.3) is 0 Å². The molecule has 1 N–H and O–H groups in total. The molecule has 0 spiro atoms. The van der Waals surface area contributed by atoms with Crippen molar-refractivity contribution in [1.29, 1.82) is 0 Å². The van der Waals surface area contributed by atoms with Gasteiger partial charge in [0.05, 0.1) is 24.9 Å². The topological polar surface area (TPSA) is 43.6 Å². The maximum atomic E-state index is 5.97. The van der Waals surface area contributed by atoms with Crippen LogP contribution in [0.5, 0.6) is 0 Å². The highest BCUT2D eigenvalue weighted by Crippen LogP contribution is 2.23. The van der Waals surface area contributed by atoms with E-state index in [-0.39, 0.29) is 6.10 Å². The summed E-state index contributed by atoms with van der Waals surface area (Å²) in [6, 6.07) is 4.78. The van der Waals surface area contributed by atoms with Crippen molar-refractivity contribution in [2.75, 3.05) is 0 Å². The molecule has 0 bridgehead atoms. The van der Waals surface area contributed by atoms with Crippen molar-refractivity contribution in [3.05, 3.63) is 23.7 Å². The summed E-state index contributed by atoms with van der Waals surface area (Å²) in [7, 11) is 0. The summed E-state index contributed by atoms with van der Waals surface area (Å²) in [5, 5.41) is 3.45. The molecule has 2 aliphatic rings. The van der Waals surface area contributed by atoms with Crippen molar-refractivity contribution in [1.82, 2.24) is 5.32 Å². The van der Waals surface area contributed by atoms with Crippen LogP contribution in [-0.2, 0) is 22.6 Å². The van der Waals surface area contributed by atoms with Gasteiger partial charge in [0.1, 0.15) is 18.1 Å². The van der Waals surface area contributed by atoms with E-state index in [2.05, 4.69) is 19.2 Å². The van der Waals surface area contributed by atoms with E-state index in [4.69, 9.17) is 13.9 Å². The van der Waals surface area contributed by atoms with Gasteiger partial charge in [-0.3, -0.25) is 0 Å². The Labute approximate surface area is 120 Å². The Morgan fingerprint density at radius 2 is 1.85 bits per heavy atom. The third kappa shape index (κ3) is 4.08. The van der Waals surface area contributed by atoms with Crippen LogP contribution in [0.1, 0.15) is 51.1 Å². The normalized spacial score (nSPS) is 30.6. The van der Waals surface area contributed by atoms with Gasteiger partial charge in [-0.2, -0.15) is 0 Å². The molecule has 112 valence electrons. The minimum atomic E-state index is 0.284. The smallest absolute Gasteiger partial charge is 0.129 e. The molecule has 4 nitrogen and oxygen atoms in total. The largest absolute Gasteiger partial charge is 0.462 e. The van der Waals surface area contributed by atoms with Crippen molar-refractivity contribution >= 4 is 0 Å². The summed E-state index contributed by atoms with van der Waals surface area (Å²) in [5.74, 6) is 1.92. The first-order valence-corrected chi connectivity index (χ1v) is 7.77. The number of ether oxygens (including phenoxy) is 2. The zero-order valence-electron chi connectivity index (χ0n) is 12.4. The third-order valence-corrected chi connectivity index (χ3v) is 3.98. The van der Waals surface area contributed by atoms with Gasteiger partial charge in [0.25, 0.3) is 0 Å². The lowest BCUT2D eigenvalue weighted by Crippen LogP contribution is -2.33. The van der Waals surface area contributed by atoms with Crippen LogP contribution in [0.15, 0.2) is 16.5 Å². The monoisotopic (exact) mass is 279 g/mol. The molecule has 2 unspecified atom stereocenters. The van der Waals surface area contributed by atoms with Gasteiger partial charge in [-0.1, -0.05) is 0 Å². The fourth-order valence-electron chi connectivity index (χ4n) is 2.81. The van der Waals surface area contributed by atoms with Crippen molar-refractivity contribution in [2.45, 2.75) is 77.0 Å². The van der Waals surface area contributed by atoms with E-state index in [1.54, 1.807) is 0 Å². The minimum Gasteiger partial charge on any atom is -0.462 e. The Balaban J connectivity index is 1.43. The van der Waals surface area contributed by atoms with E-state index in [1.165, 1.54) is 12.8 Å². The molecule has 1 saturated heterocycles. The highest BCUT2D eigenvalue weighted by molar-refractivity contribution is 5.06. The quantitative estimate of drug-likeness (QED) is 0.869. The molecular formula is C16H25NO3. The fraction of sp³-hybridized carbons (Fsp3) is 0.750. The fourth-order valence-corrected chi connectivity index (χ4v) is 2.81. The van der Waals surface area contributed by atoms with Gasteiger partial charge in [0.15, 0.2) is 0 Å². The van der Waals surface area contributed by atoms with Gasteiger partial charge in [-0.05, 0) is 51.7 Å². The maximum Gasteiger partial charge on any atom is 0.129 e. The third-order valence-electron chi connectivity index (χ3n) is 3.98. The van der Waals surface area contributed by atoms with Crippen LogP contribution in [-0.4, -0.2) is 24.4 Å². The Bertz CT molecular complexity index is 417. The van der Waals surface area contributed by atoms with Gasteiger partial charge in [-0.15, -0.1) is 0 Å². The van der Waals surface area contributed by atoms with Crippen LogP contribution < -0.4 is 5.32 Å². The molecule has 2 fully saturated rings. The second-order valence-electron chi connectivity index (χ2n) is 6.18. The standard InChI is InChI=1S/C16H25NO3/c1-11-7-16(8-12(2)19-11)18-10-15-6-5-14(20-15)9-17-13-3-4-13/h5-6,11-13,16-17H,3-4,7-10H2,1-2H3. The summed E-state index contributed by atoms with van der Waals surface area (Å²) in [4.78, 5) is 0. The van der Waals surface area contributed by atoms with E-state index in [9.17, 15) is 0 Å². The first kappa shape index (κ1) is 14.1. The predicted octanol–water partition coefficient (Wildman–Crippen LogP) is 3.00. The predicted molar refractivity (Wildman–Crippen MR) is 76.4 cm³/mol. The summed E-state index contributed by atoms with van der Waals surface area (Å²) in [5.41, 5.74) is 0. The molecule has 0 radical (unpaired) electrons. The molecule has 1 aliphatic carbocycles. The van der Waals surface area contributed by atoms with Crippen molar-refractivity contribution < 1.29 is 13.9 Å². The molecule has 20 heavy (non-hydrogen) atoms. The molecule has 2 atom stereocenters. The van der Waals surface area contributed by atoms with Gasteiger partial charge in [0, 0.05) is 6.04 Å². The Kier molecular flexibility index (Phi) is 4.44. The van der Waals surface area contributed by atoms with E-state index in [1.807, 2.05) is 12.1 Å². The molecule has 1 aromatic heterocycles. The number of nitrogens with one attached hydrogen (secondary N) is 1. The van der Waals surface area contributed by atoms with Crippen LogP contribution in [0, 0.1) is 0 Å². The second-order valence-corrected chi connectivity index (χ2v) is 6.18. The highest BCUT2D eigenvalue weighted by atomic mass is 16.5. The Morgan fingerprint density at radius 1 is 1.15 bits per heavy atom. The van der Waals surface area contributed by atoms with Gasteiger partial charge in [-0.25, -0.2) is 0 Å². The molecule has 3 rings (SSSR count). The van der Waals surface area contributed by atoms with E-state index in [0.29, 0.717) is 24.9 Å². The molecule has 1 aromatic rings. The highest BCUT2D eigenvalue weighted by Gasteiger charge is 2.25. The average Bonchev–Trinajstić information content (AvgIpc) is 3.12. The second kappa shape index (κ2) is 6.29. The van der Waals surface area contributed by atoms with Crippen LogP contribution >= 0.6 is 0 Å². The van der Waals surface area contributed by atoms with E-state index >= 15 is 0 Å². The summed E-state index contributed by atoms with van der Waals surface area (Å²) >= 11 is 0. The van der Waals surface area contributed by atoms with Crippen LogP contribution in [0.2, 0.25) is 0 Å². The minimum absolute atomic E-state index is 0.284. The van der Waals surface area contributed by atoms with E-state index < -0.39 is 0 Å². The molecule has 0 aromatic carbocycles. The first-order valence-electron chi connectivity index (χ1n) is 7.77. The number of hydrogen-bond donors (Lipinski definition) is 1. The summed E-state index contributed by atoms with van der Waals surface area (Å²) in [6.07, 6.45) is 5.42. The number of rotatable bonds is 6. The van der Waals surface area contributed by atoms with E-state index in [0.717, 1.165) is 30.9 Å². The molecular weight excluding hydrogens is 254 g/mol. The Morgan fingerprint density at radius 3 is 2.55 bits per heavy atom. The maximum absolute atomic E-state index is 5.97. The summed E-state index contributed by atoms with van der Waals surface area (Å²) in [6.45, 7) is 5.62. The lowest BCUT2D eigenvalue weighted by molar-refractivity contribution is -0.108. The molecule has 1 saturated carbocycles. The first-order chi connectivity index (χ1) is 9.69.